The molecule has 0 fully saturated rings. The topological polar surface area (TPSA) is 62.2 Å². The van der Waals surface area contributed by atoms with Crippen molar-refractivity contribution in [3.8, 4) is 16.9 Å². The molecule has 0 spiro atoms. The maximum Gasteiger partial charge on any atom is 0.257 e. The van der Waals surface area contributed by atoms with Gasteiger partial charge in [0.1, 0.15) is 11.6 Å². The summed E-state index contributed by atoms with van der Waals surface area (Å²) in [6.07, 6.45) is 3.13. The van der Waals surface area contributed by atoms with Gasteiger partial charge in [0, 0.05) is 23.6 Å². The standard InChI is InChI=1S/C21H19FN2O2/c1-12-4-5-18(22)9-19(12)24-21(26)17-8-16(10-23-11-17)15-6-13(2)20(25)14(3)7-15/h4-11,25H,1-3H3,(H,24,26). The molecule has 0 saturated carbocycles. The quantitative estimate of drug-likeness (QED) is 0.715. The number of hydrogen-bond acceptors (Lipinski definition) is 3. The third-order valence-electron chi connectivity index (χ3n) is 4.27. The van der Waals surface area contributed by atoms with Gasteiger partial charge in [-0.1, -0.05) is 6.07 Å². The van der Waals surface area contributed by atoms with Gasteiger partial charge in [0.25, 0.3) is 5.91 Å². The lowest BCUT2D eigenvalue weighted by molar-refractivity contribution is 0.102. The molecule has 3 aromatic rings. The molecule has 0 aliphatic rings. The molecule has 5 heteroatoms. The van der Waals surface area contributed by atoms with Crippen molar-refractivity contribution < 1.29 is 14.3 Å². The Labute approximate surface area is 151 Å². The Morgan fingerprint density at radius 2 is 1.65 bits per heavy atom. The van der Waals surface area contributed by atoms with Crippen LogP contribution >= 0.6 is 0 Å². The molecule has 0 bridgehead atoms. The Kier molecular flexibility index (Phi) is 4.71. The number of amides is 1. The number of nitrogens with zero attached hydrogens (tertiary/aromatic N) is 1. The van der Waals surface area contributed by atoms with E-state index in [0.29, 0.717) is 11.3 Å². The number of halogens is 1. The molecular weight excluding hydrogens is 331 g/mol. The number of rotatable bonds is 3. The van der Waals surface area contributed by atoms with E-state index in [2.05, 4.69) is 10.3 Å². The number of nitrogens with one attached hydrogen (secondary N) is 1. The molecule has 0 aliphatic heterocycles. The number of aromatic hydroxyl groups is 1. The number of aryl methyl sites for hydroxylation is 3. The number of phenolic OH excluding ortho intramolecular Hbond substituents is 1. The van der Waals surface area contributed by atoms with E-state index in [1.165, 1.54) is 18.3 Å². The molecule has 0 saturated heterocycles. The first-order valence-corrected chi connectivity index (χ1v) is 8.18. The van der Waals surface area contributed by atoms with E-state index >= 15 is 0 Å². The summed E-state index contributed by atoms with van der Waals surface area (Å²) in [7, 11) is 0. The van der Waals surface area contributed by atoms with E-state index in [0.717, 1.165) is 27.8 Å². The number of anilines is 1. The first-order valence-electron chi connectivity index (χ1n) is 8.18. The van der Waals surface area contributed by atoms with Gasteiger partial charge >= 0.3 is 0 Å². The fourth-order valence-electron chi connectivity index (χ4n) is 2.77. The smallest absolute Gasteiger partial charge is 0.257 e. The summed E-state index contributed by atoms with van der Waals surface area (Å²) in [4.78, 5) is 16.7. The zero-order valence-corrected chi connectivity index (χ0v) is 14.8. The van der Waals surface area contributed by atoms with E-state index in [4.69, 9.17) is 0 Å². The Balaban J connectivity index is 1.92. The van der Waals surface area contributed by atoms with Crippen LogP contribution in [0.1, 0.15) is 27.0 Å². The molecule has 0 aliphatic carbocycles. The van der Waals surface area contributed by atoms with Crippen LogP contribution in [0.2, 0.25) is 0 Å². The van der Waals surface area contributed by atoms with Gasteiger partial charge in [0.2, 0.25) is 0 Å². The molecule has 1 heterocycles. The summed E-state index contributed by atoms with van der Waals surface area (Å²) < 4.78 is 13.4. The summed E-state index contributed by atoms with van der Waals surface area (Å²) in [6, 6.07) is 9.67. The number of carbonyl (C=O) groups excluding carboxylic acids is 1. The predicted molar refractivity (Wildman–Crippen MR) is 99.9 cm³/mol. The maximum atomic E-state index is 13.4. The molecule has 3 rings (SSSR count). The summed E-state index contributed by atoms with van der Waals surface area (Å²) in [5.41, 5.74) is 4.71. The van der Waals surface area contributed by atoms with E-state index in [1.54, 1.807) is 25.3 Å². The van der Waals surface area contributed by atoms with Crippen LogP contribution in [0.3, 0.4) is 0 Å². The van der Waals surface area contributed by atoms with Gasteiger partial charge in [-0.3, -0.25) is 9.78 Å². The van der Waals surface area contributed by atoms with Crippen LogP contribution in [-0.4, -0.2) is 16.0 Å². The minimum Gasteiger partial charge on any atom is -0.507 e. The van der Waals surface area contributed by atoms with Crippen molar-refractivity contribution in [1.29, 1.82) is 0 Å². The lowest BCUT2D eigenvalue weighted by Gasteiger charge is -2.11. The van der Waals surface area contributed by atoms with Gasteiger partial charge < -0.3 is 10.4 Å². The van der Waals surface area contributed by atoms with Crippen LogP contribution in [-0.2, 0) is 0 Å². The van der Waals surface area contributed by atoms with Gasteiger partial charge in [0.05, 0.1) is 5.56 Å². The summed E-state index contributed by atoms with van der Waals surface area (Å²) in [5.74, 6) is -0.509. The Hall–Kier alpha value is -3.21. The predicted octanol–water partition coefficient (Wildman–Crippen LogP) is 4.77. The highest BCUT2D eigenvalue weighted by atomic mass is 19.1. The highest BCUT2D eigenvalue weighted by Gasteiger charge is 2.12. The van der Waals surface area contributed by atoms with Crippen LogP contribution in [0.25, 0.3) is 11.1 Å². The fourth-order valence-corrected chi connectivity index (χ4v) is 2.77. The van der Waals surface area contributed by atoms with E-state index < -0.39 is 5.82 Å². The second-order valence-electron chi connectivity index (χ2n) is 6.33. The molecule has 4 nitrogen and oxygen atoms in total. The Morgan fingerprint density at radius 1 is 0.962 bits per heavy atom. The minimum absolute atomic E-state index is 0.261. The van der Waals surface area contributed by atoms with Crippen molar-refractivity contribution in [2.24, 2.45) is 0 Å². The van der Waals surface area contributed by atoms with Crippen molar-refractivity contribution in [3.05, 3.63) is 76.9 Å². The van der Waals surface area contributed by atoms with Gasteiger partial charge in [-0.05, 0) is 73.4 Å². The van der Waals surface area contributed by atoms with Crippen molar-refractivity contribution in [2.45, 2.75) is 20.8 Å². The van der Waals surface area contributed by atoms with Crippen LogP contribution < -0.4 is 5.32 Å². The Morgan fingerprint density at radius 3 is 2.35 bits per heavy atom. The SMILES string of the molecule is Cc1ccc(F)cc1NC(=O)c1cncc(-c2cc(C)c(O)c(C)c2)c1. The second kappa shape index (κ2) is 6.96. The van der Waals surface area contributed by atoms with E-state index in [9.17, 15) is 14.3 Å². The van der Waals surface area contributed by atoms with E-state index in [-0.39, 0.29) is 11.7 Å². The van der Waals surface area contributed by atoms with E-state index in [1.807, 2.05) is 26.0 Å². The molecule has 1 aromatic heterocycles. The largest absolute Gasteiger partial charge is 0.507 e. The van der Waals surface area contributed by atoms with Gasteiger partial charge in [-0.2, -0.15) is 0 Å². The lowest BCUT2D eigenvalue weighted by atomic mass is 10.00. The maximum absolute atomic E-state index is 13.4. The van der Waals surface area contributed by atoms with Crippen molar-refractivity contribution in [3.63, 3.8) is 0 Å². The first kappa shape index (κ1) is 17.6. The van der Waals surface area contributed by atoms with Gasteiger partial charge in [-0.15, -0.1) is 0 Å². The summed E-state index contributed by atoms with van der Waals surface area (Å²) in [5, 5.41) is 12.6. The number of benzene rings is 2. The average Bonchev–Trinajstić information content (AvgIpc) is 2.62. The Bertz CT molecular complexity index is 976. The zero-order valence-electron chi connectivity index (χ0n) is 14.8. The van der Waals surface area contributed by atoms with Crippen LogP contribution in [0.15, 0.2) is 48.8 Å². The number of aromatic nitrogens is 1. The molecule has 2 N–H and O–H groups in total. The van der Waals surface area contributed by atoms with Crippen LogP contribution in [0.5, 0.6) is 5.75 Å². The van der Waals surface area contributed by atoms with Crippen molar-refractivity contribution >= 4 is 11.6 Å². The highest BCUT2D eigenvalue weighted by Crippen LogP contribution is 2.29. The number of carbonyl (C=O) groups is 1. The zero-order chi connectivity index (χ0) is 18.8. The molecule has 2 aromatic carbocycles. The molecule has 1 amide bonds. The van der Waals surface area contributed by atoms with Crippen LogP contribution in [0.4, 0.5) is 10.1 Å². The van der Waals surface area contributed by atoms with Gasteiger partial charge in [-0.25, -0.2) is 4.39 Å². The fraction of sp³-hybridized carbons (Fsp3) is 0.143. The number of phenols is 1. The summed E-state index contributed by atoms with van der Waals surface area (Å²) >= 11 is 0. The molecule has 0 atom stereocenters. The normalized spacial score (nSPS) is 10.6. The molecular formula is C21H19FN2O2. The molecule has 132 valence electrons. The molecule has 0 unspecified atom stereocenters. The van der Waals surface area contributed by atoms with Crippen LogP contribution in [0, 0.1) is 26.6 Å². The number of pyridine rings is 1. The molecule has 0 radical (unpaired) electrons. The van der Waals surface area contributed by atoms with Crippen molar-refractivity contribution in [2.75, 3.05) is 5.32 Å². The second-order valence-corrected chi connectivity index (χ2v) is 6.33. The summed E-state index contributed by atoms with van der Waals surface area (Å²) in [6.45, 7) is 5.44. The third kappa shape index (κ3) is 3.57. The minimum atomic E-state index is -0.409. The lowest BCUT2D eigenvalue weighted by Crippen LogP contribution is -2.13. The third-order valence-corrected chi connectivity index (χ3v) is 4.27. The monoisotopic (exact) mass is 350 g/mol. The molecule has 26 heavy (non-hydrogen) atoms. The first-order chi connectivity index (χ1) is 12.3. The number of hydrogen-bond donors (Lipinski definition) is 2. The average molecular weight is 350 g/mol. The highest BCUT2D eigenvalue weighted by molar-refractivity contribution is 6.05. The van der Waals surface area contributed by atoms with Crippen molar-refractivity contribution in [1.82, 2.24) is 4.98 Å². The van der Waals surface area contributed by atoms with Gasteiger partial charge in [0.15, 0.2) is 0 Å².